The van der Waals surface area contributed by atoms with Crippen molar-refractivity contribution < 1.29 is 0 Å². The highest BCUT2D eigenvalue weighted by Gasteiger charge is 0.932. The third kappa shape index (κ3) is 282. The molecule has 0 N–H and O–H groups in total. The van der Waals surface area contributed by atoms with E-state index in [1.54, 1.807) is 0 Å². The Balaban J connectivity index is -0.00000000500. The maximum Gasteiger partial charge on any atom is -0.0500 e. The lowest BCUT2D eigenvalue weighted by Gasteiger charge is -1.10. The van der Waals surface area contributed by atoms with Crippen LogP contribution in [0.2, 0.25) is 0 Å². The topological polar surface area (TPSA) is 0 Å². The lowest BCUT2D eigenvalue weighted by atomic mass is 11.0. The summed E-state index contributed by atoms with van der Waals surface area (Å²) in [4.78, 5) is 0. The molecule has 1 unspecified atom stereocenters. The van der Waals surface area contributed by atoms with Gasteiger partial charge < -0.3 is 0 Å². The molecule has 44 valence electrons. The van der Waals surface area contributed by atoms with Gasteiger partial charge in [-0.3, -0.25) is 0 Å². The summed E-state index contributed by atoms with van der Waals surface area (Å²) in [5, 5.41) is 0. The number of hydrogen-bond donors (Lipinski definition) is 0. The van der Waals surface area contributed by atoms with Crippen LogP contribution in [0, 0.1) is 0 Å². The summed E-state index contributed by atoms with van der Waals surface area (Å²) in [6, 6.07) is 0. The Hall–Kier alpha value is 0.430. The van der Waals surface area contributed by atoms with Gasteiger partial charge in [0.25, 0.3) is 0 Å². The third-order valence-electron chi connectivity index (χ3n) is 0. The Morgan fingerprint density at radius 2 is 0.833 bits per heavy atom. The second-order valence-electron chi connectivity index (χ2n) is 0. The van der Waals surface area contributed by atoms with Crippen molar-refractivity contribution >= 4 is 9.24 Å². The van der Waals surface area contributed by atoms with E-state index >= 15 is 0 Å². The van der Waals surface area contributed by atoms with E-state index in [-0.39, 0.29) is 14.9 Å². The standard InChI is InChI=1S/C2H6.CH5P.2CH4/c2*1-2;;/h1-2H3;2H2,1H3;2*1H4. The second kappa shape index (κ2) is 576. The van der Waals surface area contributed by atoms with Crippen LogP contribution in [0.25, 0.3) is 0 Å². The highest BCUT2D eigenvalue weighted by atomic mass is 31.0. The van der Waals surface area contributed by atoms with Gasteiger partial charge in [-0.2, -0.15) is 0 Å². The van der Waals surface area contributed by atoms with Crippen molar-refractivity contribution in [1.82, 2.24) is 0 Å². The van der Waals surface area contributed by atoms with Gasteiger partial charge in [-0.1, -0.05) is 35.4 Å². The molecule has 0 aliphatic carbocycles. The molecule has 0 saturated carbocycles. The van der Waals surface area contributed by atoms with Crippen LogP contribution in [-0.4, -0.2) is 6.66 Å². The Kier molecular flexibility index (Phi) is 3080. The minimum absolute atomic E-state index is 0. The van der Waals surface area contributed by atoms with E-state index in [9.17, 15) is 0 Å². The van der Waals surface area contributed by atoms with E-state index in [0.717, 1.165) is 0 Å². The summed E-state index contributed by atoms with van der Waals surface area (Å²) < 4.78 is 0. The van der Waals surface area contributed by atoms with Crippen molar-refractivity contribution in [3.8, 4) is 0 Å². The summed E-state index contributed by atoms with van der Waals surface area (Å²) in [6.45, 7) is 5.92. The van der Waals surface area contributed by atoms with Crippen molar-refractivity contribution in [2.75, 3.05) is 6.66 Å². The van der Waals surface area contributed by atoms with Gasteiger partial charge >= 0.3 is 0 Å². The van der Waals surface area contributed by atoms with Crippen LogP contribution in [0.5, 0.6) is 0 Å². The van der Waals surface area contributed by atoms with Crippen LogP contribution in [-0.2, 0) is 0 Å². The van der Waals surface area contributed by atoms with E-state index < -0.39 is 0 Å². The zero-order valence-corrected chi connectivity index (χ0v) is 4.73. The summed E-state index contributed by atoms with van der Waals surface area (Å²) in [7, 11) is 2.42. The highest BCUT2D eigenvalue weighted by Crippen LogP contribution is 1.46. The predicted octanol–water partition coefficient (Wildman–Crippen LogP) is 2.79. The monoisotopic (exact) mass is 110 g/mol. The quantitative estimate of drug-likeness (QED) is 0.420. The smallest absolute Gasteiger partial charge is 0.0500 e. The molecule has 0 amide bonds. The van der Waals surface area contributed by atoms with Crippen LogP contribution in [0.4, 0.5) is 0 Å². The second-order valence-corrected chi connectivity index (χ2v) is 0. The van der Waals surface area contributed by atoms with Gasteiger partial charge in [0.15, 0.2) is 0 Å². The van der Waals surface area contributed by atoms with E-state index in [0.29, 0.717) is 0 Å². The van der Waals surface area contributed by atoms with Crippen LogP contribution in [0.3, 0.4) is 0 Å². The summed E-state index contributed by atoms with van der Waals surface area (Å²) in [5.74, 6) is 0. The van der Waals surface area contributed by atoms with Crippen molar-refractivity contribution in [2.45, 2.75) is 28.7 Å². The SMILES string of the molecule is C.C.CC.CP. The first-order chi connectivity index (χ1) is 2.00. The summed E-state index contributed by atoms with van der Waals surface area (Å²) in [6.07, 6.45) is 0. The van der Waals surface area contributed by atoms with Gasteiger partial charge in [-0.25, -0.2) is 0 Å². The molecule has 0 aromatic heterocycles. The molecule has 0 saturated heterocycles. The lowest BCUT2D eigenvalue weighted by Crippen LogP contribution is -0.856. The first-order valence-electron chi connectivity index (χ1n) is 1.58. The molecule has 1 heteroatoms. The first kappa shape index (κ1) is 32.1. The summed E-state index contributed by atoms with van der Waals surface area (Å²) >= 11 is 0. The fourth-order valence-electron chi connectivity index (χ4n) is 0. The average molecular weight is 110 g/mol. The molecule has 0 heterocycles. The summed E-state index contributed by atoms with van der Waals surface area (Å²) in [5.41, 5.74) is 0. The van der Waals surface area contributed by atoms with Crippen LogP contribution < -0.4 is 0 Å². The minimum atomic E-state index is 0. The maximum atomic E-state index is 2.42. The zero-order valence-electron chi connectivity index (χ0n) is 3.58. The van der Waals surface area contributed by atoms with Gasteiger partial charge in [0.2, 0.25) is 0 Å². The fourth-order valence-corrected chi connectivity index (χ4v) is 0. The largest absolute Gasteiger partial charge is 0.141 e. The van der Waals surface area contributed by atoms with E-state index in [4.69, 9.17) is 0 Å². The molecule has 1 atom stereocenters. The first-order valence-corrected chi connectivity index (χ1v) is 2.73. The molecule has 0 nitrogen and oxygen atoms in total. The van der Waals surface area contributed by atoms with Crippen molar-refractivity contribution in [3.63, 3.8) is 0 Å². The number of hydrogen-bond acceptors (Lipinski definition) is 0. The molecule has 0 aromatic carbocycles. The molecule has 0 fully saturated rings. The van der Waals surface area contributed by atoms with Crippen molar-refractivity contribution in [2.24, 2.45) is 0 Å². The number of rotatable bonds is 0. The maximum absolute atomic E-state index is 2.42. The lowest BCUT2D eigenvalue weighted by molar-refractivity contribution is 1.50. The molecule has 6 heavy (non-hydrogen) atoms. The van der Waals surface area contributed by atoms with Gasteiger partial charge in [-0.05, 0) is 0 Å². The molecule has 0 spiro atoms. The molecule has 0 radical (unpaired) electrons. The fraction of sp³-hybridized carbons (Fsp3) is 1.00. The highest BCUT2D eigenvalue weighted by molar-refractivity contribution is 7.15. The van der Waals surface area contributed by atoms with E-state index in [2.05, 4.69) is 9.24 Å². The Bertz CT molecular complexity index is 3.90. The Morgan fingerprint density at radius 3 is 0.833 bits per heavy atom. The molecule has 0 aliphatic heterocycles. The third-order valence-corrected chi connectivity index (χ3v) is 0. The van der Waals surface area contributed by atoms with Crippen molar-refractivity contribution in [3.05, 3.63) is 0 Å². The van der Waals surface area contributed by atoms with Gasteiger partial charge in [-0.15, -0.1) is 9.24 Å². The Morgan fingerprint density at radius 1 is 0.833 bits per heavy atom. The molecule has 0 rings (SSSR count). The van der Waals surface area contributed by atoms with Gasteiger partial charge in [0.1, 0.15) is 0 Å². The van der Waals surface area contributed by atoms with Crippen molar-refractivity contribution in [1.29, 1.82) is 0 Å². The van der Waals surface area contributed by atoms with Crippen LogP contribution >= 0.6 is 9.24 Å². The van der Waals surface area contributed by atoms with E-state index in [1.165, 1.54) is 0 Å². The van der Waals surface area contributed by atoms with Crippen LogP contribution in [0.1, 0.15) is 28.7 Å². The molecule has 0 aliphatic rings. The van der Waals surface area contributed by atoms with E-state index in [1.807, 2.05) is 20.5 Å². The van der Waals surface area contributed by atoms with Gasteiger partial charge in [0.05, 0.1) is 0 Å². The molecule has 0 aromatic rings. The minimum Gasteiger partial charge on any atom is -0.141 e. The molecular formula is C5H19P. The normalized spacial score (nSPS) is 2.00. The predicted molar refractivity (Wildman–Crippen MR) is 40.4 cm³/mol. The Labute approximate surface area is 45.5 Å². The van der Waals surface area contributed by atoms with Gasteiger partial charge in [0, 0.05) is 0 Å². The van der Waals surface area contributed by atoms with Crippen LogP contribution in [0.15, 0.2) is 0 Å². The molecule has 0 bridgehead atoms. The molecular weight excluding hydrogens is 91.0 g/mol. The average Bonchev–Trinajstić information content (AvgIpc) is 1.50. The zero-order chi connectivity index (χ0) is 4.00.